The van der Waals surface area contributed by atoms with E-state index < -0.39 is 0 Å². The van der Waals surface area contributed by atoms with Crippen molar-refractivity contribution >= 4 is 50.6 Å². The van der Waals surface area contributed by atoms with Crippen LogP contribution in [-0.2, 0) is 4.74 Å². The van der Waals surface area contributed by atoms with Gasteiger partial charge in [0, 0.05) is 21.7 Å². The number of nitrogens with zero attached hydrogens (tertiary/aromatic N) is 2. The van der Waals surface area contributed by atoms with Crippen LogP contribution in [0.4, 0.5) is 11.5 Å². The van der Waals surface area contributed by atoms with E-state index >= 15 is 0 Å². The second-order valence-corrected chi connectivity index (χ2v) is 8.05. The lowest BCUT2D eigenvalue weighted by Gasteiger charge is -2.09. The standard InChI is InChI=1S/C23H20ClN3O2S/c1-2-3-12-29-23(28)16-6-10-18(11-7-16)27-21-20-19(13-30-22(20)26-14-25-21)15-4-8-17(24)9-5-15/h4-11,13-14H,2-3,12H2,1H3,(H,25,26,27). The average Bonchev–Trinajstić information content (AvgIpc) is 3.20. The van der Waals surface area contributed by atoms with Gasteiger partial charge in [0.05, 0.1) is 17.6 Å². The summed E-state index contributed by atoms with van der Waals surface area (Å²) in [6.45, 7) is 2.50. The number of hydrogen-bond acceptors (Lipinski definition) is 6. The molecular weight excluding hydrogens is 418 g/mol. The molecule has 0 radical (unpaired) electrons. The minimum atomic E-state index is -0.303. The molecule has 0 amide bonds. The van der Waals surface area contributed by atoms with Crippen LogP contribution >= 0.6 is 22.9 Å². The Morgan fingerprint density at radius 2 is 1.87 bits per heavy atom. The van der Waals surface area contributed by atoms with Crippen molar-refractivity contribution in [1.82, 2.24) is 9.97 Å². The van der Waals surface area contributed by atoms with Gasteiger partial charge in [-0.1, -0.05) is 37.1 Å². The summed E-state index contributed by atoms with van der Waals surface area (Å²) in [6.07, 6.45) is 3.40. The normalized spacial score (nSPS) is 10.9. The van der Waals surface area contributed by atoms with Crippen LogP contribution in [0.1, 0.15) is 30.1 Å². The third kappa shape index (κ3) is 4.45. The van der Waals surface area contributed by atoms with Crippen LogP contribution in [0, 0.1) is 0 Å². The van der Waals surface area contributed by atoms with E-state index in [1.165, 1.54) is 0 Å². The van der Waals surface area contributed by atoms with Gasteiger partial charge in [0.15, 0.2) is 0 Å². The number of nitrogens with one attached hydrogen (secondary N) is 1. The number of thiophene rings is 1. The van der Waals surface area contributed by atoms with Crippen molar-refractivity contribution in [3.63, 3.8) is 0 Å². The lowest BCUT2D eigenvalue weighted by molar-refractivity contribution is 0.0500. The van der Waals surface area contributed by atoms with Crippen LogP contribution in [0.5, 0.6) is 0 Å². The number of anilines is 2. The summed E-state index contributed by atoms with van der Waals surface area (Å²) < 4.78 is 5.26. The Hall–Kier alpha value is -2.96. The predicted molar refractivity (Wildman–Crippen MR) is 123 cm³/mol. The van der Waals surface area contributed by atoms with E-state index in [2.05, 4.69) is 27.6 Å². The van der Waals surface area contributed by atoms with Crippen LogP contribution in [-0.4, -0.2) is 22.5 Å². The second kappa shape index (κ2) is 9.24. The fourth-order valence-corrected chi connectivity index (χ4v) is 4.07. The Morgan fingerprint density at radius 1 is 1.10 bits per heavy atom. The van der Waals surface area contributed by atoms with Crippen molar-refractivity contribution in [2.45, 2.75) is 19.8 Å². The molecule has 2 heterocycles. The van der Waals surface area contributed by atoms with E-state index in [1.54, 1.807) is 29.8 Å². The highest BCUT2D eigenvalue weighted by molar-refractivity contribution is 7.17. The lowest BCUT2D eigenvalue weighted by atomic mass is 10.1. The Balaban J connectivity index is 1.59. The summed E-state index contributed by atoms with van der Waals surface area (Å²) in [5.74, 6) is 0.409. The molecule has 30 heavy (non-hydrogen) atoms. The number of carbonyl (C=O) groups excluding carboxylic acids is 1. The molecule has 4 aromatic rings. The highest BCUT2D eigenvalue weighted by atomic mass is 35.5. The summed E-state index contributed by atoms with van der Waals surface area (Å²) in [5.41, 5.74) is 3.45. The molecule has 0 aliphatic carbocycles. The van der Waals surface area contributed by atoms with Gasteiger partial charge in [0.25, 0.3) is 0 Å². The van der Waals surface area contributed by atoms with Gasteiger partial charge in [-0.05, 0) is 48.4 Å². The molecule has 0 spiro atoms. The number of benzene rings is 2. The fourth-order valence-electron chi connectivity index (χ4n) is 3.03. The number of fused-ring (bicyclic) bond motifs is 1. The molecule has 2 aromatic carbocycles. The molecule has 0 unspecified atom stereocenters. The summed E-state index contributed by atoms with van der Waals surface area (Å²) in [4.78, 5) is 21.8. The fraction of sp³-hybridized carbons (Fsp3) is 0.174. The minimum Gasteiger partial charge on any atom is -0.462 e. The molecule has 1 N–H and O–H groups in total. The van der Waals surface area contributed by atoms with Crippen molar-refractivity contribution < 1.29 is 9.53 Å². The molecule has 0 atom stereocenters. The third-order valence-corrected chi connectivity index (χ3v) is 5.78. The average molecular weight is 438 g/mol. The van der Waals surface area contributed by atoms with Gasteiger partial charge in [0.1, 0.15) is 17.0 Å². The number of esters is 1. The molecule has 0 aliphatic rings. The van der Waals surface area contributed by atoms with Crippen LogP contribution in [0.25, 0.3) is 21.3 Å². The first kappa shape index (κ1) is 20.3. The zero-order valence-corrected chi connectivity index (χ0v) is 18.0. The van der Waals surface area contributed by atoms with E-state index in [9.17, 15) is 4.79 Å². The summed E-state index contributed by atoms with van der Waals surface area (Å²) in [6, 6.07) is 14.9. The van der Waals surface area contributed by atoms with Gasteiger partial charge in [-0.2, -0.15) is 0 Å². The third-order valence-electron chi connectivity index (χ3n) is 4.64. The molecule has 5 nitrogen and oxygen atoms in total. The Labute approximate surface area is 183 Å². The second-order valence-electron chi connectivity index (χ2n) is 6.75. The van der Waals surface area contributed by atoms with Crippen molar-refractivity contribution in [3.8, 4) is 11.1 Å². The first-order chi connectivity index (χ1) is 14.7. The van der Waals surface area contributed by atoms with Gasteiger partial charge in [-0.15, -0.1) is 11.3 Å². The van der Waals surface area contributed by atoms with E-state index in [-0.39, 0.29) is 5.97 Å². The Kier molecular flexibility index (Phi) is 6.26. The quantitative estimate of drug-likeness (QED) is 0.257. The van der Waals surface area contributed by atoms with Gasteiger partial charge < -0.3 is 10.1 Å². The summed E-state index contributed by atoms with van der Waals surface area (Å²) >= 11 is 7.60. The van der Waals surface area contributed by atoms with Crippen LogP contribution in [0.2, 0.25) is 5.02 Å². The first-order valence-corrected chi connectivity index (χ1v) is 10.9. The number of carbonyl (C=O) groups is 1. The largest absolute Gasteiger partial charge is 0.462 e. The number of unbranched alkanes of at least 4 members (excludes halogenated alkanes) is 1. The molecule has 0 saturated carbocycles. The maximum atomic E-state index is 12.1. The number of halogens is 1. The zero-order valence-electron chi connectivity index (χ0n) is 16.4. The van der Waals surface area contributed by atoms with E-state index in [0.717, 1.165) is 39.9 Å². The molecule has 4 rings (SSSR count). The Morgan fingerprint density at radius 3 is 2.60 bits per heavy atom. The topological polar surface area (TPSA) is 64.1 Å². The lowest BCUT2D eigenvalue weighted by Crippen LogP contribution is -2.06. The summed E-state index contributed by atoms with van der Waals surface area (Å²) in [5, 5.41) is 7.07. The van der Waals surface area contributed by atoms with Crippen molar-refractivity contribution in [2.24, 2.45) is 0 Å². The van der Waals surface area contributed by atoms with Crippen molar-refractivity contribution in [3.05, 3.63) is 70.8 Å². The maximum Gasteiger partial charge on any atom is 0.338 e. The molecule has 7 heteroatoms. The highest BCUT2D eigenvalue weighted by Gasteiger charge is 2.14. The SMILES string of the molecule is CCCCOC(=O)c1ccc(Nc2ncnc3scc(-c4ccc(Cl)cc4)c23)cc1. The summed E-state index contributed by atoms with van der Waals surface area (Å²) in [7, 11) is 0. The van der Waals surface area contributed by atoms with Gasteiger partial charge in [0.2, 0.25) is 0 Å². The molecule has 152 valence electrons. The predicted octanol–water partition coefficient (Wildman–Crippen LogP) is 6.71. The minimum absolute atomic E-state index is 0.303. The Bertz CT molecular complexity index is 1160. The van der Waals surface area contributed by atoms with Gasteiger partial charge in [-0.3, -0.25) is 0 Å². The van der Waals surface area contributed by atoms with Gasteiger partial charge in [-0.25, -0.2) is 14.8 Å². The number of rotatable bonds is 7. The number of hydrogen-bond donors (Lipinski definition) is 1. The van der Waals surface area contributed by atoms with Gasteiger partial charge >= 0.3 is 5.97 Å². The van der Waals surface area contributed by atoms with E-state index in [0.29, 0.717) is 23.0 Å². The molecule has 0 bridgehead atoms. The molecule has 0 saturated heterocycles. The zero-order chi connectivity index (χ0) is 20.9. The van der Waals surface area contributed by atoms with Crippen molar-refractivity contribution in [2.75, 3.05) is 11.9 Å². The molecular formula is C23H20ClN3O2S. The van der Waals surface area contributed by atoms with Crippen LogP contribution in [0.15, 0.2) is 60.2 Å². The van der Waals surface area contributed by atoms with E-state index in [4.69, 9.17) is 16.3 Å². The molecule has 2 aromatic heterocycles. The highest BCUT2D eigenvalue weighted by Crippen LogP contribution is 2.37. The van der Waals surface area contributed by atoms with E-state index in [1.807, 2.05) is 36.4 Å². The van der Waals surface area contributed by atoms with Crippen LogP contribution < -0.4 is 5.32 Å². The first-order valence-electron chi connectivity index (χ1n) is 9.68. The molecule has 0 aliphatic heterocycles. The maximum absolute atomic E-state index is 12.1. The number of aromatic nitrogens is 2. The monoisotopic (exact) mass is 437 g/mol. The smallest absolute Gasteiger partial charge is 0.338 e. The number of ether oxygens (including phenoxy) is 1. The van der Waals surface area contributed by atoms with Crippen molar-refractivity contribution in [1.29, 1.82) is 0 Å². The van der Waals surface area contributed by atoms with Crippen LogP contribution in [0.3, 0.4) is 0 Å². The molecule has 0 fully saturated rings.